The second kappa shape index (κ2) is 9.19. The van der Waals surface area contributed by atoms with Crippen LogP contribution >= 0.6 is 22.9 Å². The molecule has 2 aromatic carbocycles. The number of rotatable bonds is 5. The number of amides is 1. The van der Waals surface area contributed by atoms with Gasteiger partial charge in [0.1, 0.15) is 10.5 Å². The minimum absolute atomic E-state index is 0.0432. The van der Waals surface area contributed by atoms with Crippen LogP contribution in [0.15, 0.2) is 51.7 Å². The van der Waals surface area contributed by atoms with E-state index in [0.29, 0.717) is 26.9 Å². The molecule has 0 bridgehead atoms. The van der Waals surface area contributed by atoms with Gasteiger partial charge in [-0.25, -0.2) is 9.78 Å². The molecular weight excluding hydrogens is 500 g/mol. The molecule has 0 N–H and O–H groups in total. The third kappa shape index (κ3) is 3.90. The van der Waals surface area contributed by atoms with Crippen LogP contribution in [0, 0.1) is 6.92 Å². The Morgan fingerprint density at radius 1 is 1.19 bits per heavy atom. The molecule has 9 heteroatoms. The van der Waals surface area contributed by atoms with Gasteiger partial charge in [-0.2, -0.15) is 0 Å². The first-order chi connectivity index (χ1) is 17.2. The number of benzene rings is 2. The van der Waals surface area contributed by atoms with E-state index in [0.717, 1.165) is 22.5 Å². The molecule has 0 aliphatic carbocycles. The number of ether oxygens (including phenoxy) is 1. The van der Waals surface area contributed by atoms with Crippen LogP contribution in [0.4, 0.5) is 5.13 Å². The van der Waals surface area contributed by atoms with Gasteiger partial charge in [0.15, 0.2) is 10.6 Å². The molecule has 184 valence electrons. The molecule has 1 aliphatic heterocycles. The maximum Gasteiger partial charge on any atom is 0.350 e. The molecule has 0 spiro atoms. The predicted molar refractivity (Wildman–Crippen MR) is 139 cm³/mol. The molecule has 7 nitrogen and oxygen atoms in total. The first kappa shape index (κ1) is 24.2. The summed E-state index contributed by atoms with van der Waals surface area (Å²) in [6.45, 7) is 7.82. The van der Waals surface area contributed by atoms with E-state index in [1.54, 1.807) is 32.0 Å². The Balaban J connectivity index is 1.74. The maximum absolute atomic E-state index is 13.8. The first-order valence-corrected chi connectivity index (χ1v) is 12.7. The van der Waals surface area contributed by atoms with E-state index >= 15 is 0 Å². The molecular formula is C27H23ClN2O5S. The molecule has 3 heterocycles. The van der Waals surface area contributed by atoms with E-state index in [-0.39, 0.29) is 34.1 Å². The van der Waals surface area contributed by atoms with E-state index < -0.39 is 17.9 Å². The largest absolute Gasteiger partial charge is 0.462 e. The fourth-order valence-corrected chi connectivity index (χ4v) is 5.55. The molecule has 5 rings (SSSR count). The van der Waals surface area contributed by atoms with E-state index in [1.165, 1.54) is 4.90 Å². The average Bonchev–Trinajstić information content (AvgIpc) is 3.37. The highest BCUT2D eigenvalue weighted by atomic mass is 35.5. The lowest BCUT2D eigenvalue weighted by Gasteiger charge is -2.23. The lowest BCUT2D eigenvalue weighted by atomic mass is 9.95. The number of anilines is 1. The predicted octanol–water partition coefficient (Wildman–Crippen LogP) is 6.26. The van der Waals surface area contributed by atoms with Crippen molar-refractivity contribution in [2.75, 3.05) is 11.5 Å². The normalized spacial score (nSPS) is 15.1. The number of carbonyl (C=O) groups excluding carboxylic acids is 2. The van der Waals surface area contributed by atoms with Crippen molar-refractivity contribution in [1.82, 2.24) is 4.98 Å². The van der Waals surface area contributed by atoms with Crippen molar-refractivity contribution < 1.29 is 18.7 Å². The second-order valence-corrected chi connectivity index (χ2v) is 10.3. The fraction of sp³-hybridized carbons (Fsp3) is 0.259. The summed E-state index contributed by atoms with van der Waals surface area (Å²) in [5.41, 5.74) is 2.46. The van der Waals surface area contributed by atoms with Crippen LogP contribution in [0.5, 0.6) is 0 Å². The number of aryl methyl sites for hydroxylation is 1. The summed E-state index contributed by atoms with van der Waals surface area (Å²) in [5.74, 6) is -0.729. The smallest absolute Gasteiger partial charge is 0.350 e. The van der Waals surface area contributed by atoms with Crippen molar-refractivity contribution in [3.05, 3.63) is 90.7 Å². The number of nitrogens with zero attached hydrogens (tertiary/aromatic N) is 2. The zero-order chi connectivity index (χ0) is 25.7. The SMILES string of the molecule is CCOC(=O)c1sc(N2C(=O)c3oc4ccc(Cl)cc4c(=O)c3C2c2ccc(C(C)C)cc2)nc1C. The van der Waals surface area contributed by atoms with Crippen LogP contribution in [0.3, 0.4) is 0 Å². The minimum atomic E-state index is -0.783. The number of hydrogen-bond donors (Lipinski definition) is 0. The van der Waals surface area contributed by atoms with Gasteiger partial charge < -0.3 is 9.15 Å². The second-order valence-electron chi connectivity index (χ2n) is 8.84. The topological polar surface area (TPSA) is 89.7 Å². The summed E-state index contributed by atoms with van der Waals surface area (Å²) in [5, 5.41) is 0.969. The fourth-order valence-electron chi connectivity index (χ4n) is 4.39. The highest BCUT2D eigenvalue weighted by Gasteiger charge is 2.45. The van der Waals surface area contributed by atoms with Crippen LogP contribution in [0.25, 0.3) is 11.0 Å². The molecule has 0 saturated carbocycles. The number of carbonyl (C=O) groups is 2. The van der Waals surface area contributed by atoms with Gasteiger partial charge in [-0.05, 0) is 49.1 Å². The van der Waals surface area contributed by atoms with Gasteiger partial charge in [0.25, 0.3) is 5.91 Å². The Labute approximate surface area is 216 Å². The minimum Gasteiger partial charge on any atom is -0.462 e. The molecule has 36 heavy (non-hydrogen) atoms. The monoisotopic (exact) mass is 522 g/mol. The molecule has 1 aliphatic rings. The zero-order valence-corrected chi connectivity index (χ0v) is 21.7. The van der Waals surface area contributed by atoms with Gasteiger partial charge in [-0.15, -0.1) is 0 Å². The van der Waals surface area contributed by atoms with E-state index in [9.17, 15) is 14.4 Å². The van der Waals surface area contributed by atoms with Crippen LogP contribution < -0.4 is 10.3 Å². The summed E-state index contributed by atoms with van der Waals surface area (Å²) in [6.07, 6.45) is 0. The molecule has 0 radical (unpaired) electrons. The molecule has 0 saturated heterocycles. The van der Waals surface area contributed by atoms with Crippen LogP contribution in [0.2, 0.25) is 5.02 Å². The summed E-state index contributed by atoms with van der Waals surface area (Å²) in [4.78, 5) is 46.2. The molecule has 1 amide bonds. The van der Waals surface area contributed by atoms with Crippen molar-refractivity contribution in [1.29, 1.82) is 0 Å². The number of hydrogen-bond acceptors (Lipinski definition) is 7. The molecule has 1 unspecified atom stereocenters. The van der Waals surface area contributed by atoms with Crippen molar-refractivity contribution in [2.45, 2.75) is 39.7 Å². The lowest BCUT2D eigenvalue weighted by Crippen LogP contribution is -2.29. The third-order valence-electron chi connectivity index (χ3n) is 6.20. The number of fused-ring (bicyclic) bond motifs is 2. The van der Waals surface area contributed by atoms with Gasteiger partial charge in [-0.3, -0.25) is 14.5 Å². The van der Waals surface area contributed by atoms with Gasteiger partial charge in [0.05, 0.1) is 29.3 Å². The van der Waals surface area contributed by atoms with Crippen molar-refractivity contribution in [3.63, 3.8) is 0 Å². The highest BCUT2D eigenvalue weighted by Crippen LogP contribution is 2.43. The van der Waals surface area contributed by atoms with E-state index in [4.69, 9.17) is 20.8 Å². The number of halogens is 1. The van der Waals surface area contributed by atoms with Crippen LogP contribution in [-0.4, -0.2) is 23.5 Å². The first-order valence-electron chi connectivity index (χ1n) is 11.6. The lowest BCUT2D eigenvalue weighted by molar-refractivity contribution is 0.0531. The average molecular weight is 523 g/mol. The van der Waals surface area contributed by atoms with Gasteiger partial charge in [0.2, 0.25) is 5.76 Å². The summed E-state index contributed by atoms with van der Waals surface area (Å²) >= 11 is 7.21. The highest BCUT2D eigenvalue weighted by molar-refractivity contribution is 7.17. The summed E-state index contributed by atoms with van der Waals surface area (Å²) in [6, 6.07) is 11.7. The Hall–Kier alpha value is -3.49. The van der Waals surface area contributed by atoms with Crippen LogP contribution in [0.1, 0.15) is 75.3 Å². The molecule has 4 aromatic rings. The third-order valence-corrected chi connectivity index (χ3v) is 7.58. The van der Waals surface area contributed by atoms with Gasteiger partial charge >= 0.3 is 5.97 Å². The molecule has 1 atom stereocenters. The number of thiazole rings is 1. The Morgan fingerprint density at radius 3 is 2.58 bits per heavy atom. The summed E-state index contributed by atoms with van der Waals surface area (Å²) < 4.78 is 11.1. The molecule has 2 aromatic heterocycles. The van der Waals surface area contributed by atoms with Crippen LogP contribution in [-0.2, 0) is 4.74 Å². The maximum atomic E-state index is 13.8. The Kier molecular flexibility index (Phi) is 6.18. The van der Waals surface area contributed by atoms with Gasteiger partial charge in [0, 0.05) is 5.02 Å². The van der Waals surface area contributed by atoms with E-state index in [1.807, 2.05) is 24.3 Å². The number of aromatic nitrogens is 1. The summed E-state index contributed by atoms with van der Waals surface area (Å²) in [7, 11) is 0. The quantitative estimate of drug-likeness (QED) is 0.287. The zero-order valence-electron chi connectivity index (χ0n) is 20.1. The Bertz CT molecular complexity index is 1570. The van der Waals surface area contributed by atoms with Crippen molar-refractivity contribution >= 4 is 50.9 Å². The number of esters is 1. The van der Waals surface area contributed by atoms with Crippen molar-refractivity contribution in [2.24, 2.45) is 0 Å². The van der Waals surface area contributed by atoms with Gasteiger partial charge in [-0.1, -0.05) is 61.1 Å². The van der Waals surface area contributed by atoms with E-state index in [2.05, 4.69) is 18.8 Å². The molecule has 0 fully saturated rings. The van der Waals surface area contributed by atoms with Crippen molar-refractivity contribution in [3.8, 4) is 0 Å². The standard InChI is InChI=1S/C27H23ClN2O5S/c1-5-34-26(33)24-14(4)29-27(36-24)30-21(16-8-6-15(7-9-16)13(2)3)20-22(31)18-12-17(28)10-11-19(18)35-23(20)25(30)32/h6-13,21H,5H2,1-4H3. The Morgan fingerprint density at radius 2 is 1.92 bits per heavy atom.